The SMILES string of the molecule is CCCC(=O)Nc1cccc(-c2nc(Nc3ccc4[nH]ncc4c3)c3cc(OCCN4CCCC4=O)c(OC)cc3n2)c1.Cl. The fourth-order valence-electron chi connectivity index (χ4n) is 5.18. The summed E-state index contributed by atoms with van der Waals surface area (Å²) in [5.74, 6) is 2.23. The number of amides is 2. The Kier molecular flexibility index (Phi) is 9.44. The van der Waals surface area contributed by atoms with Gasteiger partial charge in [-0.25, -0.2) is 9.97 Å². The molecule has 0 aliphatic carbocycles. The Morgan fingerprint density at radius 1 is 1.07 bits per heavy atom. The number of halogens is 1. The summed E-state index contributed by atoms with van der Waals surface area (Å²) in [7, 11) is 1.59. The number of H-pyrrole nitrogens is 1. The quantitative estimate of drug-likeness (QED) is 0.163. The highest BCUT2D eigenvalue weighted by atomic mass is 35.5. The van der Waals surface area contributed by atoms with Crippen LogP contribution in [-0.4, -0.2) is 63.7 Å². The lowest BCUT2D eigenvalue weighted by atomic mass is 10.1. The highest BCUT2D eigenvalue weighted by molar-refractivity contribution is 5.96. The van der Waals surface area contributed by atoms with E-state index in [1.54, 1.807) is 13.3 Å². The Morgan fingerprint density at radius 2 is 1.95 bits per heavy atom. The van der Waals surface area contributed by atoms with Gasteiger partial charge in [0.15, 0.2) is 17.3 Å². The smallest absolute Gasteiger partial charge is 0.224 e. The van der Waals surface area contributed by atoms with Gasteiger partial charge in [0.2, 0.25) is 11.8 Å². The number of aromatic amines is 1. The number of benzene rings is 3. The maximum absolute atomic E-state index is 12.2. The summed E-state index contributed by atoms with van der Waals surface area (Å²) in [4.78, 5) is 35.9. The van der Waals surface area contributed by atoms with E-state index in [0.29, 0.717) is 60.3 Å². The second-order valence-electron chi connectivity index (χ2n) is 10.4. The number of fused-ring (bicyclic) bond motifs is 2. The summed E-state index contributed by atoms with van der Waals surface area (Å²) in [6.07, 6.45) is 4.45. The van der Waals surface area contributed by atoms with Crippen LogP contribution in [0.5, 0.6) is 11.5 Å². The molecule has 3 N–H and O–H groups in total. The van der Waals surface area contributed by atoms with Crippen molar-refractivity contribution in [2.24, 2.45) is 0 Å². The first kappa shape index (κ1) is 30.6. The average molecular weight is 616 g/mol. The number of aromatic nitrogens is 4. The van der Waals surface area contributed by atoms with E-state index >= 15 is 0 Å². The third-order valence-corrected chi connectivity index (χ3v) is 7.36. The van der Waals surface area contributed by atoms with Crippen LogP contribution >= 0.6 is 12.4 Å². The van der Waals surface area contributed by atoms with Crippen molar-refractivity contribution < 1.29 is 19.1 Å². The number of hydrogen-bond donors (Lipinski definition) is 3. The van der Waals surface area contributed by atoms with Crippen molar-refractivity contribution in [3.63, 3.8) is 0 Å². The third-order valence-electron chi connectivity index (χ3n) is 7.36. The number of likely N-dealkylation sites (tertiary alicyclic amines) is 1. The Bertz CT molecular complexity index is 1810. The number of carbonyl (C=O) groups excluding carboxylic acids is 2. The number of carbonyl (C=O) groups is 2. The lowest BCUT2D eigenvalue weighted by molar-refractivity contribution is -0.128. The third kappa shape index (κ3) is 6.68. The summed E-state index contributed by atoms with van der Waals surface area (Å²) >= 11 is 0. The fraction of sp³-hybridized carbons (Fsp3) is 0.281. The van der Waals surface area contributed by atoms with Crippen LogP contribution in [0.15, 0.2) is 60.8 Å². The van der Waals surface area contributed by atoms with Crippen molar-refractivity contribution in [3.8, 4) is 22.9 Å². The normalized spacial score (nSPS) is 12.8. The van der Waals surface area contributed by atoms with E-state index in [1.165, 1.54) is 0 Å². The van der Waals surface area contributed by atoms with Crippen molar-refractivity contribution in [2.75, 3.05) is 37.4 Å². The van der Waals surface area contributed by atoms with Crippen LogP contribution in [0.1, 0.15) is 32.6 Å². The molecule has 0 spiro atoms. The van der Waals surface area contributed by atoms with Gasteiger partial charge in [-0.15, -0.1) is 12.4 Å². The summed E-state index contributed by atoms with van der Waals surface area (Å²) in [5.41, 5.74) is 3.83. The first-order valence-electron chi connectivity index (χ1n) is 14.4. The minimum atomic E-state index is -0.0394. The molecule has 3 heterocycles. The van der Waals surface area contributed by atoms with Crippen LogP contribution in [0, 0.1) is 0 Å². The highest BCUT2D eigenvalue weighted by Crippen LogP contribution is 2.37. The zero-order valence-corrected chi connectivity index (χ0v) is 25.4. The minimum Gasteiger partial charge on any atom is -0.493 e. The molecule has 11 nitrogen and oxygen atoms in total. The first-order chi connectivity index (χ1) is 21.0. The van der Waals surface area contributed by atoms with Gasteiger partial charge in [0.05, 0.1) is 30.9 Å². The van der Waals surface area contributed by atoms with E-state index in [9.17, 15) is 9.59 Å². The monoisotopic (exact) mass is 615 g/mol. The van der Waals surface area contributed by atoms with Gasteiger partial charge in [-0.05, 0) is 49.2 Å². The zero-order chi connectivity index (χ0) is 29.8. The van der Waals surface area contributed by atoms with E-state index in [-0.39, 0.29) is 24.2 Å². The fourth-order valence-corrected chi connectivity index (χ4v) is 5.18. The largest absolute Gasteiger partial charge is 0.493 e. The van der Waals surface area contributed by atoms with Gasteiger partial charge >= 0.3 is 0 Å². The van der Waals surface area contributed by atoms with Gasteiger partial charge in [-0.1, -0.05) is 19.1 Å². The van der Waals surface area contributed by atoms with E-state index in [2.05, 4.69) is 20.8 Å². The van der Waals surface area contributed by atoms with Crippen molar-refractivity contribution in [3.05, 3.63) is 60.8 Å². The number of ether oxygens (including phenoxy) is 2. The van der Waals surface area contributed by atoms with Crippen LogP contribution in [0.4, 0.5) is 17.2 Å². The maximum atomic E-state index is 12.2. The Hall–Kier alpha value is -4.90. The molecule has 3 aromatic carbocycles. The summed E-state index contributed by atoms with van der Waals surface area (Å²) < 4.78 is 11.8. The molecule has 0 radical (unpaired) electrons. The second-order valence-corrected chi connectivity index (χ2v) is 10.4. The number of methoxy groups -OCH3 is 1. The molecule has 1 saturated heterocycles. The number of anilines is 3. The molecular weight excluding hydrogens is 582 g/mol. The van der Waals surface area contributed by atoms with Gasteiger partial charge in [-0.3, -0.25) is 14.7 Å². The Morgan fingerprint density at radius 3 is 2.75 bits per heavy atom. The van der Waals surface area contributed by atoms with Crippen LogP contribution in [-0.2, 0) is 9.59 Å². The van der Waals surface area contributed by atoms with Crippen LogP contribution in [0.25, 0.3) is 33.2 Å². The van der Waals surface area contributed by atoms with Crippen molar-refractivity contribution in [1.29, 1.82) is 0 Å². The molecule has 1 aliphatic rings. The molecule has 6 rings (SSSR count). The van der Waals surface area contributed by atoms with Gasteiger partial charge in [0, 0.05) is 53.2 Å². The lowest BCUT2D eigenvalue weighted by Gasteiger charge is -2.18. The summed E-state index contributed by atoms with van der Waals surface area (Å²) in [6, 6.07) is 17.1. The second kappa shape index (κ2) is 13.6. The summed E-state index contributed by atoms with van der Waals surface area (Å²) in [6.45, 7) is 3.57. The molecule has 1 fully saturated rings. The Balaban J connectivity index is 0.00000384. The van der Waals surface area contributed by atoms with Crippen molar-refractivity contribution >= 4 is 63.2 Å². The van der Waals surface area contributed by atoms with E-state index in [4.69, 9.17) is 19.4 Å². The highest BCUT2D eigenvalue weighted by Gasteiger charge is 2.20. The molecule has 44 heavy (non-hydrogen) atoms. The van der Waals surface area contributed by atoms with Crippen molar-refractivity contribution in [2.45, 2.75) is 32.6 Å². The first-order valence-corrected chi connectivity index (χ1v) is 14.4. The molecular formula is C32H34ClN7O4. The molecule has 12 heteroatoms. The topological polar surface area (TPSA) is 134 Å². The van der Waals surface area contributed by atoms with Crippen molar-refractivity contribution in [1.82, 2.24) is 25.1 Å². The van der Waals surface area contributed by atoms with Gasteiger partial charge in [0.25, 0.3) is 0 Å². The van der Waals surface area contributed by atoms with Gasteiger partial charge < -0.3 is 25.0 Å². The standard InChI is InChI=1S/C32H33N7O4.ClH/c1-3-6-29(40)34-22-8-4-7-20(15-22)31-36-26-18-27(42-2)28(43-14-13-39-12-5-9-30(39)41)17-24(26)32(37-31)35-23-10-11-25-21(16-23)19-33-38-25;/h4,7-8,10-11,15-19H,3,5-6,9,12-14H2,1-2H3,(H,33,38)(H,34,40)(H,35,36,37);1H. The van der Waals surface area contributed by atoms with Crippen LogP contribution < -0.4 is 20.1 Å². The molecule has 2 amide bonds. The van der Waals surface area contributed by atoms with Gasteiger partial charge in [-0.2, -0.15) is 5.10 Å². The molecule has 5 aromatic rings. The summed E-state index contributed by atoms with van der Waals surface area (Å²) in [5, 5.41) is 15.2. The van der Waals surface area contributed by atoms with E-state index in [0.717, 1.165) is 46.9 Å². The molecule has 0 unspecified atom stereocenters. The Labute approximate surface area is 260 Å². The lowest BCUT2D eigenvalue weighted by Crippen LogP contribution is -2.29. The number of nitrogens with one attached hydrogen (secondary N) is 3. The average Bonchev–Trinajstić information content (AvgIpc) is 3.65. The van der Waals surface area contributed by atoms with Gasteiger partial charge in [0.1, 0.15) is 12.4 Å². The molecule has 0 bridgehead atoms. The molecule has 228 valence electrons. The van der Waals surface area contributed by atoms with E-state index in [1.807, 2.05) is 66.4 Å². The van der Waals surface area contributed by atoms with Crippen LogP contribution in [0.3, 0.4) is 0 Å². The number of hydrogen-bond acceptors (Lipinski definition) is 8. The number of rotatable bonds is 11. The molecule has 1 aliphatic heterocycles. The van der Waals surface area contributed by atoms with E-state index < -0.39 is 0 Å². The minimum absolute atomic E-state index is 0. The van der Waals surface area contributed by atoms with Crippen LogP contribution in [0.2, 0.25) is 0 Å². The molecule has 2 aromatic heterocycles. The number of nitrogens with zero attached hydrogens (tertiary/aromatic N) is 4. The maximum Gasteiger partial charge on any atom is 0.224 e. The molecule has 0 atom stereocenters. The zero-order valence-electron chi connectivity index (χ0n) is 24.6. The predicted molar refractivity (Wildman–Crippen MR) is 173 cm³/mol. The predicted octanol–water partition coefficient (Wildman–Crippen LogP) is 6.09. The molecule has 0 saturated carbocycles.